The number of morpholine rings is 1. The first kappa shape index (κ1) is 16.6. The van der Waals surface area contributed by atoms with E-state index in [1.54, 1.807) is 4.90 Å². The maximum absolute atomic E-state index is 12.4. The van der Waals surface area contributed by atoms with E-state index in [1.165, 1.54) is 0 Å². The molecule has 0 atom stereocenters. The van der Waals surface area contributed by atoms with Gasteiger partial charge in [-0.2, -0.15) is 0 Å². The monoisotopic (exact) mass is 353 g/mol. The average molecular weight is 353 g/mol. The Morgan fingerprint density at radius 3 is 2.65 bits per heavy atom. The Hall–Kier alpha value is -2.86. The number of furan rings is 1. The van der Waals surface area contributed by atoms with Crippen LogP contribution in [0.5, 0.6) is 0 Å². The molecule has 1 aromatic heterocycles. The van der Waals surface area contributed by atoms with Gasteiger partial charge in [-0.15, -0.1) is 0 Å². The van der Waals surface area contributed by atoms with Crippen LogP contribution in [0.25, 0.3) is 21.7 Å². The maximum Gasteiger partial charge on any atom is 0.375 e. The second-order valence-corrected chi connectivity index (χ2v) is 6.29. The number of benzene rings is 2. The van der Waals surface area contributed by atoms with E-state index in [9.17, 15) is 9.59 Å². The lowest BCUT2D eigenvalue weighted by molar-refractivity contribution is -0.138. The Balaban J connectivity index is 1.56. The number of carbonyl (C=O) groups is 2. The van der Waals surface area contributed by atoms with E-state index >= 15 is 0 Å². The molecule has 1 fully saturated rings. The molecule has 134 valence electrons. The Morgan fingerprint density at radius 1 is 1.08 bits per heavy atom. The second-order valence-electron chi connectivity index (χ2n) is 6.29. The molecular formula is C20H19NO5. The van der Waals surface area contributed by atoms with Gasteiger partial charge in [-0.1, -0.05) is 36.4 Å². The molecule has 0 saturated carbocycles. The van der Waals surface area contributed by atoms with Gasteiger partial charge in [0.15, 0.2) is 6.61 Å². The SMILES string of the molecule is Cc1c(C(=O)OCC(=O)N2CCOCC2)oc2c1ccc1ccccc12. The van der Waals surface area contributed by atoms with Gasteiger partial charge in [0, 0.05) is 29.4 Å². The van der Waals surface area contributed by atoms with Gasteiger partial charge >= 0.3 is 5.97 Å². The molecule has 1 amide bonds. The molecule has 0 N–H and O–H groups in total. The summed E-state index contributed by atoms with van der Waals surface area (Å²) in [6, 6.07) is 11.8. The number of nitrogens with zero attached hydrogens (tertiary/aromatic N) is 1. The van der Waals surface area contributed by atoms with Gasteiger partial charge in [0.25, 0.3) is 5.91 Å². The van der Waals surface area contributed by atoms with Gasteiger partial charge in [-0.25, -0.2) is 4.79 Å². The van der Waals surface area contributed by atoms with Crippen LogP contribution in [0, 0.1) is 6.92 Å². The third-order valence-electron chi connectivity index (χ3n) is 4.70. The number of carbonyl (C=O) groups excluding carboxylic acids is 2. The van der Waals surface area contributed by atoms with Gasteiger partial charge in [0.2, 0.25) is 5.76 Å². The predicted octanol–water partition coefficient (Wildman–Crippen LogP) is 2.91. The largest absolute Gasteiger partial charge is 0.450 e. The third-order valence-corrected chi connectivity index (χ3v) is 4.70. The Labute approximate surface area is 150 Å². The van der Waals surface area contributed by atoms with Crippen molar-refractivity contribution in [3.05, 3.63) is 47.7 Å². The Bertz CT molecular complexity index is 984. The van der Waals surface area contributed by atoms with Crippen molar-refractivity contribution < 1.29 is 23.5 Å². The van der Waals surface area contributed by atoms with Crippen molar-refractivity contribution in [2.24, 2.45) is 0 Å². The molecule has 0 spiro atoms. The van der Waals surface area contributed by atoms with Crippen LogP contribution >= 0.6 is 0 Å². The molecule has 6 heteroatoms. The van der Waals surface area contributed by atoms with Gasteiger partial charge < -0.3 is 18.8 Å². The molecule has 3 aromatic rings. The van der Waals surface area contributed by atoms with Crippen molar-refractivity contribution in [2.45, 2.75) is 6.92 Å². The fourth-order valence-electron chi connectivity index (χ4n) is 3.24. The van der Waals surface area contributed by atoms with Crippen molar-refractivity contribution in [1.82, 2.24) is 4.90 Å². The van der Waals surface area contributed by atoms with Crippen molar-refractivity contribution in [2.75, 3.05) is 32.9 Å². The third kappa shape index (κ3) is 2.93. The summed E-state index contributed by atoms with van der Waals surface area (Å²) in [6.45, 7) is 3.58. The first-order chi connectivity index (χ1) is 12.6. The molecule has 1 aliphatic rings. The highest BCUT2D eigenvalue weighted by atomic mass is 16.5. The lowest BCUT2D eigenvalue weighted by Crippen LogP contribution is -2.42. The summed E-state index contributed by atoms with van der Waals surface area (Å²) in [5.41, 5.74) is 1.38. The van der Waals surface area contributed by atoms with Crippen molar-refractivity contribution >= 4 is 33.6 Å². The highest BCUT2D eigenvalue weighted by Gasteiger charge is 2.23. The summed E-state index contributed by atoms with van der Waals surface area (Å²) < 4.78 is 16.2. The first-order valence-electron chi connectivity index (χ1n) is 8.58. The summed E-state index contributed by atoms with van der Waals surface area (Å²) in [5, 5.41) is 2.85. The standard InChI is InChI=1S/C20H19NO5/c1-13-15-7-6-14-4-2-3-5-16(14)19(15)26-18(13)20(23)25-12-17(22)21-8-10-24-11-9-21/h2-7H,8-12H2,1H3. The number of hydrogen-bond acceptors (Lipinski definition) is 5. The van der Waals surface area contributed by atoms with Gasteiger partial charge in [-0.05, 0) is 12.3 Å². The lowest BCUT2D eigenvalue weighted by atomic mass is 10.1. The number of amides is 1. The summed E-state index contributed by atoms with van der Waals surface area (Å²) in [5.74, 6) is -0.698. The van der Waals surface area contributed by atoms with Crippen LogP contribution in [-0.2, 0) is 14.3 Å². The quantitative estimate of drug-likeness (QED) is 0.677. The fraction of sp³-hybridized carbons (Fsp3) is 0.300. The molecule has 26 heavy (non-hydrogen) atoms. The predicted molar refractivity (Wildman–Crippen MR) is 96.1 cm³/mol. The summed E-state index contributed by atoms with van der Waals surface area (Å²) in [7, 11) is 0. The van der Waals surface area contributed by atoms with E-state index in [-0.39, 0.29) is 18.3 Å². The highest BCUT2D eigenvalue weighted by Crippen LogP contribution is 2.32. The van der Waals surface area contributed by atoms with E-state index in [1.807, 2.05) is 43.3 Å². The van der Waals surface area contributed by atoms with Gasteiger partial charge in [-0.3, -0.25) is 4.79 Å². The van der Waals surface area contributed by atoms with E-state index in [0.29, 0.717) is 31.9 Å². The molecule has 6 nitrogen and oxygen atoms in total. The smallest absolute Gasteiger partial charge is 0.375 e. The number of esters is 1. The average Bonchev–Trinajstić information content (AvgIpc) is 3.04. The Kier molecular flexibility index (Phi) is 4.34. The van der Waals surface area contributed by atoms with E-state index in [4.69, 9.17) is 13.9 Å². The highest BCUT2D eigenvalue weighted by molar-refractivity contribution is 6.08. The topological polar surface area (TPSA) is 69.0 Å². The molecule has 0 aliphatic carbocycles. The van der Waals surface area contributed by atoms with E-state index in [2.05, 4.69) is 0 Å². The number of aryl methyl sites for hydroxylation is 1. The minimum atomic E-state index is -0.621. The van der Waals surface area contributed by atoms with Crippen LogP contribution in [0.1, 0.15) is 16.1 Å². The molecular weight excluding hydrogens is 334 g/mol. The molecule has 0 bridgehead atoms. The summed E-state index contributed by atoms with van der Waals surface area (Å²) in [6.07, 6.45) is 0. The van der Waals surface area contributed by atoms with E-state index < -0.39 is 5.97 Å². The van der Waals surface area contributed by atoms with Gasteiger partial charge in [0.05, 0.1) is 13.2 Å². The second kappa shape index (κ2) is 6.80. The molecule has 4 rings (SSSR count). The van der Waals surface area contributed by atoms with Gasteiger partial charge in [0.1, 0.15) is 5.58 Å². The van der Waals surface area contributed by atoms with Crippen LogP contribution in [0.2, 0.25) is 0 Å². The lowest BCUT2D eigenvalue weighted by Gasteiger charge is -2.26. The van der Waals surface area contributed by atoms with Crippen LogP contribution in [0.4, 0.5) is 0 Å². The normalized spacial score (nSPS) is 14.7. The van der Waals surface area contributed by atoms with Crippen LogP contribution in [0.3, 0.4) is 0 Å². The zero-order valence-corrected chi connectivity index (χ0v) is 14.5. The molecule has 2 aromatic carbocycles. The molecule has 0 radical (unpaired) electrons. The molecule has 0 unspecified atom stereocenters. The van der Waals surface area contributed by atoms with E-state index in [0.717, 1.165) is 21.7 Å². The van der Waals surface area contributed by atoms with Crippen molar-refractivity contribution in [3.63, 3.8) is 0 Å². The minimum absolute atomic E-state index is 0.145. The zero-order chi connectivity index (χ0) is 18.1. The minimum Gasteiger partial charge on any atom is -0.450 e. The van der Waals surface area contributed by atoms with Crippen LogP contribution < -0.4 is 0 Å². The fourth-order valence-corrected chi connectivity index (χ4v) is 3.24. The van der Waals surface area contributed by atoms with Crippen LogP contribution in [-0.4, -0.2) is 49.7 Å². The van der Waals surface area contributed by atoms with Crippen molar-refractivity contribution in [1.29, 1.82) is 0 Å². The Morgan fingerprint density at radius 2 is 1.85 bits per heavy atom. The zero-order valence-electron chi connectivity index (χ0n) is 14.5. The number of fused-ring (bicyclic) bond motifs is 3. The first-order valence-corrected chi connectivity index (χ1v) is 8.58. The number of hydrogen-bond donors (Lipinski definition) is 0. The maximum atomic E-state index is 12.4. The summed E-state index contributed by atoms with van der Waals surface area (Å²) in [4.78, 5) is 26.2. The molecule has 1 aliphatic heterocycles. The number of ether oxygens (including phenoxy) is 2. The summed E-state index contributed by atoms with van der Waals surface area (Å²) >= 11 is 0. The van der Waals surface area contributed by atoms with Crippen molar-refractivity contribution in [3.8, 4) is 0 Å². The molecule has 1 saturated heterocycles. The van der Waals surface area contributed by atoms with Crippen LogP contribution in [0.15, 0.2) is 40.8 Å². The molecule has 2 heterocycles. The number of rotatable bonds is 3.